The van der Waals surface area contributed by atoms with Crippen molar-refractivity contribution in [3.63, 3.8) is 0 Å². The first-order valence-corrected chi connectivity index (χ1v) is 4.03. The third-order valence-corrected chi connectivity index (χ3v) is 0.846. The number of hydrogen-bond donors (Lipinski definition) is 3. The molecule has 0 atom stereocenters. The van der Waals surface area contributed by atoms with Gasteiger partial charge in [0.15, 0.2) is 0 Å². The highest BCUT2D eigenvalue weighted by molar-refractivity contribution is 7.30. The summed E-state index contributed by atoms with van der Waals surface area (Å²) in [6, 6.07) is 0. The van der Waals surface area contributed by atoms with Crippen LogP contribution in [0.3, 0.4) is 0 Å². The van der Waals surface area contributed by atoms with Crippen LogP contribution in [0.15, 0.2) is 0 Å². The summed E-state index contributed by atoms with van der Waals surface area (Å²) in [4.78, 5) is 14.2. The van der Waals surface area contributed by atoms with Gasteiger partial charge in [0.05, 0.1) is 13.2 Å². The van der Waals surface area contributed by atoms with E-state index in [9.17, 15) is 0 Å². The van der Waals surface area contributed by atoms with E-state index in [1.165, 1.54) is 0 Å². The normalized spacial score (nSPS) is 17.0. The second-order valence-electron chi connectivity index (χ2n) is 1.62. The molecular weight excluding hydrogens is 157 g/mol. The summed E-state index contributed by atoms with van der Waals surface area (Å²) in [6.45, 7) is 3.83. The average Bonchev–Trinajstić information content (AvgIpc) is 1.90. The van der Waals surface area contributed by atoms with Crippen molar-refractivity contribution in [2.75, 3.05) is 26.3 Å². The molecule has 0 aromatic heterocycles. The van der Waals surface area contributed by atoms with Crippen LogP contribution >= 0.6 is 8.25 Å². The molecule has 0 aromatic carbocycles. The summed E-state index contributed by atoms with van der Waals surface area (Å²) in [5.41, 5.74) is 0. The maximum atomic E-state index is 8.70. The fourth-order valence-corrected chi connectivity index (χ4v) is 0.516. The maximum Gasteiger partial charge on any atom is 0.692 e. The van der Waals surface area contributed by atoms with E-state index in [1.54, 1.807) is 0 Å². The van der Waals surface area contributed by atoms with Gasteiger partial charge in [0.25, 0.3) is 0 Å². The SMILES string of the molecule is C1COCCN1.O=[P+](O)O. The van der Waals surface area contributed by atoms with E-state index >= 15 is 0 Å². The van der Waals surface area contributed by atoms with Gasteiger partial charge in [-0.3, -0.25) is 0 Å². The molecule has 5 nitrogen and oxygen atoms in total. The van der Waals surface area contributed by atoms with E-state index < -0.39 is 8.25 Å². The first-order chi connectivity index (χ1) is 4.73. The highest BCUT2D eigenvalue weighted by atomic mass is 31.1. The van der Waals surface area contributed by atoms with Gasteiger partial charge in [-0.15, -0.1) is 9.79 Å². The van der Waals surface area contributed by atoms with E-state index in [1.807, 2.05) is 0 Å². The highest BCUT2D eigenvalue weighted by Crippen LogP contribution is 1.98. The molecule has 0 unspecified atom stereocenters. The molecule has 60 valence electrons. The number of hydrogen-bond acceptors (Lipinski definition) is 3. The van der Waals surface area contributed by atoms with Crippen LogP contribution in [0, 0.1) is 0 Å². The first-order valence-electron chi connectivity index (χ1n) is 2.87. The largest absolute Gasteiger partial charge is 0.692 e. The molecule has 1 saturated heterocycles. The maximum absolute atomic E-state index is 8.70. The van der Waals surface area contributed by atoms with E-state index in [-0.39, 0.29) is 0 Å². The summed E-state index contributed by atoms with van der Waals surface area (Å²) in [5.74, 6) is 0. The molecule has 0 saturated carbocycles. The van der Waals surface area contributed by atoms with Crippen molar-refractivity contribution in [3.8, 4) is 0 Å². The molecule has 0 aromatic rings. The molecule has 0 bridgehead atoms. The molecule has 6 heteroatoms. The number of ether oxygens (including phenoxy) is 1. The molecule has 3 N–H and O–H groups in total. The number of nitrogens with one attached hydrogen (secondary N) is 1. The lowest BCUT2D eigenvalue weighted by molar-refractivity contribution is 0.109. The lowest BCUT2D eigenvalue weighted by atomic mass is 10.5. The van der Waals surface area contributed by atoms with Crippen LogP contribution in [0.5, 0.6) is 0 Å². The Bertz CT molecular complexity index is 79.7. The predicted octanol–water partition coefficient (Wildman–Crippen LogP) is -0.765. The van der Waals surface area contributed by atoms with Crippen molar-refractivity contribution in [2.24, 2.45) is 0 Å². The topological polar surface area (TPSA) is 78.8 Å². The molecule has 1 rings (SSSR count). The van der Waals surface area contributed by atoms with Gasteiger partial charge in [0.1, 0.15) is 0 Å². The van der Waals surface area contributed by atoms with Crippen molar-refractivity contribution in [1.29, 1.82) is 0 Å². The minimum Gasteiger partial charge on any atom is -0.379 e. The Morgan fingerprint density at radius 1 is 1.30 bits per heavy atom. The molecule has 1 heterocycles. The lowest BCUT2D eigenvalue weighted by Crippen LogP contribution is -2.30. The van der Waals surface area contributed by atoms with Gasteiger partial charge >= 0.3 is 8.25 Å². The average molecular weight is 168 g/mol. The molecule has 1 aliphatic heterocycles. The van der Waals surface area contributed by atoms with Crippen molar-refractivity contribution >= 4 is 8.25 Å². The van der Waals surface area contributed by atoms with Gasteiger partial charge in [0, 0.05) is 17.7 Å². The van der Waals surface area contributed by atoms with Crippen LogP contribution in [-0.4, -0.2) is 36.1 Å². The quantitative estimate of drug-likeness (QED) is 0.414. The standard InChI is InChI=1S/C4H9NO.HO3P/c1-3-6-4-2-5-1;1-4(2)3/h5H,1-4H2;(H-,1,2,3)/p+1. The molecule has 0 radical (unpaired) electrons. The molecule has 1 aliphatic rings. The minimum absolute atomic E-state index is 0.889. The van der Waals surface area contributed by atoms with Crippen LogP contribution in [-0.2, 0) is 9.30 Å². The van der Waals surface area contributed by atoms with Crippen LogP contribution in [0.25, 0.3) is 0 Å². The fraction of sp³-hybridized carbons (Fsp3) is 1.00. The number of morpholine rings is 1. The van der Waals surface area contributed by atoms with Crippen molar-refractivity contribution < 1.29 is 19.1 Å². The van der Waals surface area contributed by atoms with Crippen LogP contribution in [0.2, 0.25) is 0 Å². The van der Waals surface area contributed by atoms with Gasteiger partial charge in [-0.05, 0) is 0 Å². The third kappa shape index (κ3) is 10.8. The summed E-state index contributed by atoms with van der Waals surface area (Å²) in [6.07, 6.45) is 0. The highest BCUT2D eigenvalue weighted by Gasteiger charge is 1.93. The molecule has 10 heavy (non-hydrogen) atoms. The molecule has 0 spiro atoms. The Labute approximate surface area is 60.0 Å². The van der Waals surface area contributed by atoms with Gasteiger partial charge in [-0.1, -0.05) is 0 Å². The van der Waals surface area contributed by atoms with Gasteiger partial charge < -0.3 is 10.1 Å². The third-order valence-electron chi connectivity index (χ3n) is 0.846. The van der Waals surface area contributed by atoms with Crippen LogP contribution in [0.1, 0.15) is 0 Å². The predicted molar refractivity (Wildman–Crippen MR) is 35.7 cm³/mol. The summed E-state index contributed by atoms with van der Waals surface area (Å²) in [5, 5.41) is 3.16. The van der Waals surface area contributed by atoms with Gasteiger partial charge in [0.2, 0.25) is 0 Å². The van der Waals surface area contributed by atoms with Crippen LogP contribution < -0.4 is 5.32 Å². The smallest absolute Gasteiger partial charge is 0.379 e. The molecule has 1 fully saturated rings. The Balaban J connectivity index is 0.000000180. The van der Waals surface area contributed by atoms with Crippen molar-refractivity contribution in [1.82, 2.24) is 5.32 Å². The zero-order chi connectivity index (χ0) is 7.82. The zero-order valence-electron chi connectivity index (χ0n) is 5.49. The van der Waals surface area contributed by atoms with Crippen molar-refractivity contribution in [2.45, 2.75) is 0 Å². The second kappa shape index (κ2) is 7.05. The Morgan fingerprint density at radius 3 is 1.80 bits per heavy atom. The summed E-state index contributed by atoms with van der Waals surface area (Å²) < 4.78 is 13.7. The number of rotatable bonds is 0. The Hall–Kier alpha value is -0.0600. The fourth-order valence-electron chi connectivity index (χ4n) is 0.516. The summed E-state index contributed by atoms with van der Waals surface area (Å²) in [7, 11) is -2.87. The van der Waals surface area contributed by atoms with E-state index in [0.29, 0.717) is 0 Å². The molecule has 0 amide bonds. The Kier molecular flexibility index (Phi) is 7.01. The monoisotopic (exact) mass is 168 g/mol. The van der Waals surface area contributed by atoms with E-state index in [4.69, 9.17) is 19.1 Å². The van der Waals surface area contributed by atoms with E-state index in [2.05, 4.69) is 5.32 Å². The van der Waals surface area contributed by atoms with Gasteiger partial charge in [-0.25, -0.2) is 0 Å². The van der Waals surface area contributed by atoms with E-state index in [0.717, 1.165) is 26.3 Å². The van der Waals surface area contributed by atoms with Crippen molar-refractivity contribution in [3.05, 3.63) is 0 Å². The minimum atomic E-state index is -2.87. The lowest BCUT2D eigenvalue weighted by Gasteiger charge is -2.10. The summed E-state index contributed by atoms with van der Waals surface area (Å²) >= 11 is 0. The molecule has 0 aliphatic carbocycles. The Morgan fingerprint density at radius 2 is 1.70 bits per heavy atom. The van der Waals surface area contributed by atoms with Crippen LogP contribution in [0.4, 0.5) is 0 Å². The molecular formula is C4H11NO4P+. The first kappa shape index (κ1) is 9.94. The van der Waals surface area contributed by atoms with Gasteiger partial charge in [-0.2, -0.15) is 0 Å². The zero-order valence-corrected chi connectivity index (χ0v) is 6.38. The second-order valence-corrected chi connectivity index (χ2v) is 2.12.